The number of nitrogens with zero attached hydrogens (tertiary/aromatic N) is 3. The van der Waals surface area contributed by atoms with E-state index in [4.69, 9.17) is 5.73 Å². The summed E-state index contributed by atoms with van der Waals surface area (Å²) in [7, 11) is 0. The van der Waals surface area contributed by atoms with E-state index in [0.717, 1.165) is 18.8 Å². The molecule has 0 spiro atoms. The van der Waals surface area contributed by atoms with Crippen LogP contribution < -0.4 is 11.1 Å². The molecule has 9 heteroatoms. The van der Waals surface area contributed by atoms with E-state index in [0.29, 0.717) is 26.1 Å². The molecule has 1 aliphatic heterocycles. The van der Waals surface area contributed by atoms with Crippen LogP contribution in [0, 0.1) is 5.92 Å². The maximum absolute atomic E-state index is 12.4. The molecule has 1 aromatic heterocycles. The standard InChI is InChI=1S/C15H25N5O2.2ClH/c1-3-19-7-6-17-14(19)8-18-15(22)12-4-5-13(16)10-20(9-12)11(2)21;;/h6-7,12-13H,3-5,8-10,16H2,1-2H3,(H,18,22);2*1H/t12-,13+;;/m1../s1. The molecule has 1 fully saturated rings. The van der Waals surface area contributed by atoms with Crippen LogP contribution in [0.5, 0.6) is 0 Å². The van der Waals surface area contributed by atoms with Crippen molar-refractivity contribution in [3.63, 3.8) is 0 Å². The molecule has 138 valence electrons. The molecule has 24 heavy (non-hydrogen) atoms. The number of hydrogen-bond acceptors (Lipinski definition) is 4. The molecule has 0 aliphatic carbocycles. The van der Waals surface area contributed by atoms with Gasteiger partial charge in [0.05, 0.1) is 12.5 Å². The van der Waals surface area contributed by atoms with Gasteiger partial charge in [0.2, 0.25) is 11.8 Å². The number of carbonyl (C=O) groups is 2. The summed E-state index contributed by atoms with van der Waals surface area (Å²) in [4.78, 5) is 29.9. The molecular weight excluding hydrogens is 353 g/mol. The van der Waals surface area contributed by atoms with Gasteiger partial charge in [-0.05, 0) is 19.8 Å². The van der Waals surface area contributed by atoms with Crippen molar-refractivity contribution >= 4 is 36.6 Å². The summed E-state index contributed by atoms with van der Waals surface area (Å²) in [6.45, 7) is 5.75. The Labute approximate surface area is 155 Å². The van der Waals surface area contributed by atoms with Gasteiger partial charge in [0.25, 0.3) is 0 Å². The molecule has 1 aromatic rings. The number of nitrogens with one attached hydrogen (secondary N) is 1. The van der Waals surface area contributed by atoms with Gasteiger partial charge in [-0.15, -0.1) is 24.8 Å². The number of aryl methyl sites for hydroxylation is 1. The summed E-state index contributed by atoms with van der Waals surface area (Å²) < 4.78 is 1.99. The van der Waals surface area contributed by atoms with Crippen molar-refractivity contribution in [1.82, 2.24) is 19.8 Å². The van der Waals surface area contributed by atoms with E-state index in [2.05, 4.69) is 10.3 Å². The number of aromatic nitrogens is 2. The fraction of sp³-hybridized carbons (Fsp3) is 0.667. The first-order valence-electron chi connectivity index (χ1n) is 7.80. The molecule has 0 saturated carbocycles. The third-order valence-electron chi connectivity index (χ3n) is 4.16. The molecule has 2 atom stereocenters. The van der Waals surface area contributed by atoms with E-state index >= 15 is 0 Å². The number of nitrogens with two attached hydrogens (primary N) is 1. The number of likely N-dealkylation sites (tertiary alicyclic amines) is 1. The number of carbonyl (C=O) groups excluding carboxylic acids is 2. The lowest BCUT2D eigenvalue weighted by Crippen LogP contribution is -2.42. The molecular formula is C15H27Cl2N5O2. The summed E-state index contributed by atoms with van der Waals surface area (Å²) >= 11 is 0. The summed E-state index contributed by atoms with van der Waals surface area (Å²) in [5, 5.41) is 2.93. The molecule has 1 aliphatic rings. The second-order valence-corrected chi connectivity index (χ2v) is 5.81. The Kier molecular flexibility index (Phi) is 9.96. The molecule has 0 radical (unpaired) electrons. The van der Waals surface area contributed by atoms with Crippen LogP contribution in [-0.4, -0.2) is 45.4 Å². The van der Waals surface area contributed by atoms with Gasteiger partial charge in [-0.25, -0.2) is 4.98 Å². The second kappa shape index (κ2) is 10.5. The SMILES string of the molecule is CCn1ccnc1CNC(=O)[C@@H]1CC[C@H](N)CN(C(C)=O)C1.Cl.Cl. The second-order valence-electron chi connectivity index (χ2n) is 5.81. The van der Waals surface area contributed by atoms with Crippen LogP contribution in [0.3, 0.4) is 0 Å². The first kappa shape index (κ1) is 22.7. The van der Waals surface area contributed by atoms with Crippen LogP contribution in [0.1, 0.15) is 32.5 Å². The smallest absolute Gasteiger partial charge is 0.225 e. The summed E-state index contributed by atoms with van der Waals surface area (Å²) in [6.07, 6.45) is 5.08. The Bertz CT molecular complexity index is 538. The van der Waals surface area contributed by atoms with Crippen LogP contribution in [0.15, 0.2) is 12.4 Å². The Morgan fingerprint density at radius 3 is 2.67 bits per heavy atom. The number of amides is 2. The van der Waals surface area contributed by atoms with Crippen LogP contribution >= 0.6 is 24.8 Å². The fourth-order valence-corrected chi connectivity index (χ4v) is 2.80. The highest BCUT2D eigenvalue weighted by molar-refractivity contribution is 5.85. The quantitative estimate of drug-likeness (QED) is 0.813. The minimum atomic E-state index is -0.206. The van der Waals surface area contributed by atoms with Crippen molar-refractivity contribution in [1.29, 1.82) is 0 Å². The topological polar surface area (TPSA) is 93.2 Å². The van der Waals surface area contributed by atoms with Gasteiger partial charge in [0, 0.05) is 45.0 Å². The molecule has 3 N–H and O–H groups in total. The predicted octanol–water partition coefficient (Wildman–Crippen LogP) is 0.949. The minimum Gasteiger partial charge on any atom is -0.349 e. The monoisotopic (exact) mass is 379 g/mol. The highest BCUT2D eigenvalue weighted by Crippen LogP contribution is 2.16. The molecule has 2 amide bonds. The van der Waals surface area contributed by atoms with Crippen LogP contribution in [-0.2, 0) is 22.7 Å². The highest BCUT2D eigenvalue weighted by atomic mass is 35.5. The van der Waals surface area contributed by atoms with E-state index in [1.165, 1.54) is 6.92 Å². The first-order chi connectivity index (χ1) is 10.5. The van der Waals surface area contributed by atoms with Crippen molar-refractivity contribution in [2.24, 2.45) is 11.7 Å². The lowest BCUT2D eigenvalue weighted by molar-refractivity contribution is -0.131. The molecule has 0 unspecified atom stereocenters. The highest BCUT2D eigenvalue weighted by Gasteiger charge is 2.28. The van der Waals surface area contributed by atoms with E-state index in [1.54, 1.807) is 11.1 Å². The van der Waals surface area contributed by atoms with E-state index in [-0.39, 0.29) is 48.6 Å². The predicted molar refractivity (Wildman–Crippen MR) is 97.2 cm³/mol. The Morgan fingerprint density at radius 2 is 2.04 bits per heavy atom. The Morgan fingerprint density at radius 1 is 1.33 bits per heavy atom. The van der Waals surface area contributed by atoms with Gasteiger partial charge in [0.1, 0.15) is 5.82 Å². The summed E-state index contributed by atoms with van der Waals surface area (Å²) in [5.74, 6) is 0.565. The van der Waals surface area contributed by atoms with Crippen LogP contribution in [0.25, 0.3) is 0 Å². The van der Waals surface area contributed by atoms with Crippen molar-refractivity contribution < 1.29 is 9.59 Å². The van der Waals surface area contributed by atoms with Gasteiger partial charge in [-0.1, -0.05) is 0 Å². The number of halogens is 2. The van der Waals surface area contributed by atoms with Gasteiger partial charge < -0.3 is 20.5 Å². The number of rotatable bonds is 4. The van der Waals surface area contributed by atoms with E-state index < -0.39 is 0 Å². The largest absolute Gasteiger partial charge is 0.349 e. The zero-order chi connectivity index (χ0) is 16.1. The van der Waals surface area contributed by atoms with Gasteiger partial charge >= 0.3 is 0 Å². The molecule has 0 bridgehead atoms. The van der Waals surface area contributed by atoms with Crippen molar-refractivity contribution in [3.05, 3.63) is 18.2 Å². The molecule has 1 saturated heterocycles. The van der Waals surface area contributed by atoms with E-state index in [1.807, 2.05) is 17.7 Å². The third kappa shape index (κ3) is 5.96. The van der Waals surface area contributed by atoms with Crippen LogP contribution in [0.2, 0.25) is 0 Å². The van der Waals surface area contributed by atoms with E-state index in [9.17, 15) is 9.59 Å². The van der Waals surface area contributed by atoms with Gasteiger partial charge in [-0.2, -0.15) is 0 Å². The molecule has 7 nitrogen and oxygen atoms in total. The van der Waals surface area contributed by atoms with Crippen LogP contribution in [0.4, 0.5) is 0 Å². The fourth-order valence-electron chi connectivity index (χ4n) is 2.80. The molecule has 2 heterocycles. The normalized spacial score (nSPS) is 20.4. The van der Waals surface area contributed by atoms with Crippen molar-refractivity contribution in [2.75, 3.05) is 13.1 Å². The summed E-state index contributed by atoms with van der Waals surface area (Å²) in [5.41, 5.74) is 5.98. The Hall–Kier alpha value is -1.31. The van der Waals surface area contributed by atoms with Gasteiger partial charge in [-0.3, -0.25) is 9.59 Å². The Balaban J connectivity index is 0.00000264. The minimum absolute atomic E-state index is 0. The van der Waals surface area contributed by atoms with Crippen molar-refractivity contribution in [2.45, 2.75) is 45.8 Å². The maximum atomic E-state index is 12.4. The average Bonchev–Trinajstić information content (AvgIpc) is 2.85. The number of imidazole rings is 1. The third-order valence-corrected chi connectivity index (χ3v) is 4.16. The van der Waals surface area contributed by atoms with Crippen molar-refractivity contribution in [3.8, 4) is 0 Å². The first-order valence-corrected chi connectivity index (χ1v) is 7.80. The maximum Gasteiger partial charge on any atom is 0.225 e. The lowest BCUT2D eigenvalue weighted by Gasteiger charge is -2.23. The molecule has 0 aromatic carbocycles. The average molecular weight is 380 g/mol. The summed E-state index contributed by atoms with van der Waals surface area (Å²) in [6, 6.07) is -0.0549. The number of hydrogen-bond donors (Lipinski definition) is 2. The zero-order valence-electron chi connectivity index (χ0n) is 14.1. The molecule has 2 rings (SSSR count). The van der Waals surface area contributed by atoms with Gasteiger partial charge in [0.15, 0.2) is 0 Å². The zero-order valence-corrected chi connectivity index (χ0v) is 15.7. The lowest BCUT2D eigenvalue weighted by atomic mass is 10.0.